The van der Waals surface area contributed by atoms with Gasteiger partial charge in [0.2, 0.25) is 10.0 Å². The molecule has 0 radical (unpaired) electrons. The third kappa shape index (κ3) is 3.79. The fourth-order valence-corrected chi connectivity index (χ4v) is 3.53. The highest BCUT2D eigenvalue weighted by Crippen LogP contribution is 2.23. The second kappa shape index (κ2) is 6.52. The smallest absolute Gasteiger partial charge is 0.243 e. The zero-order valence-electron chi connectivity index (χ0n) is 11.2. The maximum atomic E-state index is 12.4. The number of rotatable bonds is 6. The van der Waals surface area contributed by atoms with Gasteiger partial charge in [-0.25, -0.2) is 8.42 Å². The Morgan fingerprint density at radius 2 is 2.11 bits per heavy atom. The number of likely N-dealkylation sites (N-methyl/N-ethyl adjacent to an activating group) is 1. The molecular weight excluding hydrogens is 284 g/mol. The average Bonchev–Trinajstić information content (AvgIpc) is 2.35. The van der Waals surface area contributed by atoms with E-state index in [2.05, 4.69) is 6.58 Å². The third-order valence-electron chi connectivity index (χ3n) is 2.68. The molecule has 4 nitrogen and oxygen atoms in total. The summed E-state index contributed by atoms with van der Waals surface area (Å²) in [6, 6.07) is 4.62. The van der Waals surface area contributed by atoms with Gasteiger partial charge in [-0.05, 0) is 24.6 Å². The fraction of sp³-hybridized carbons (Fsp3) is 0.385. The molecule has 1 aromatic rings. The maximum Gasteiger partial charge on any atom is 0.243 e. The van der Waals surface area contributed by atoms with Crippen molar-refractivity contribution in [2.45, 2.75) is 25.3 Å². The molecule has 1 aromatic carbocycles. The van der Waals surface area contributed by atoms with Crippen LogP contribution in [0.15, 0.2) is 35.2 Å². The van der Waals surface area contributed by atoms with Gasteiger partial charge in [0, 0.05) is 24.7 Å². The standard InChI is InChI=1S/C13H19ClN2O2S/c1-4-16(9-10(2)3)19(17,18)12-6-5-11(8-15)13(14)7-12/h5-7H,2,4,8-9,15H2,1,3H3. The van der Waals surface area contributed by atoms with Gasteiger partial charge >= 0.3 is 0 Å². The van der Waals surface area contributed by atoms with Crippen LogP contribution in [0.25, 0.3) is 0 Å². The van der Waals surface area contributed by atoms with Gasteiger partial charge in [0.25, 0.3) is 0 Å². The predicted molar refractivity (Wildman–Crippen MR) is 78.6 cm³/mol. The first-order valence-electron chi connectivity index (χ1n) is 5.96. The van der Waals surface area contributed by atoms with E-state index < -0.39 is 10.0 Å². The van der Waals surface area contributed by atoms with Crippen molar-refractivity contribution in [2.75, 3.05) is 13.1 Å². The molecular formula is C13H19ClN2O2S. The molecule has 0 heterocycles. The van der Waals surface area contributed by atoms with Gasteiger partial charge in [-0.2, -0.15) is 4.31 Å². The summed E-state index contributed by atoms with van der Waals surface area (Å²) in [4.78, 5) is 0.179. The Morgan fingerprint density at radius 3 is 2.53 bits per heavy atom. The predicted octanol–water partition coefficient (Wildman–Crippen LogP) is 2.39. The summed E-state index contributed by atoms with van der Waals surface area (Å²) < 4.78 is 26.3. The molecule has 0 aromatic heterocycles. The normalized spacial score (nSPS) is 11.8. The van der Waals surface area contributed by atoms with Crippen LogP contribution in [-0.2, 0) is 16.6 Å². The van der Waals surface area contributed by atoms with Crippen molar-refractivity contribution < 1.29 is 8.42 Å². The molecule has 1 rings (SSSR count). The van der Waals surface area contributed by atoms with Crippen molar-refractivity contribution in [1.29, 1.82) is 0 Å². The Kier molecular flexibility index (Phi) is 5.55. The van der Waals surface area contributed by atoms with Crippen LogP contribution < -0.4 is 5.73 Å². The molecule has 0 saturated heterocycles. The molecule has 106 valence electrons. The summed E-state index contributed by atoms with van der Waals surface area (Å²) in [5, 5.41) is 0.370. The van der Waals surface area contributed by atoms with E-state index in [0.29, 0.717) is 18.1 Å². The van der Waals surface area contributed by atoms with Gasteiger partial charge in [0.05, 0.1) is 4.90 Å². The van der Waals surface area contributed by atoms with Gasteiger partial charge in [0.1, 0.15) is 0 Å². The van der Waals surface area contributed by atoms with Crippen LogP contribution in [0, 0.1) is 0 Å². The third-order valence-corrected chi connectivity index (χ3v) is 4.95. The Bertz CT molecular complexity index is 570. The summed E-state index contributed by atoms with van der Waals surface area (Å²) in [7, 11) is -3.55. The minimum Gasteiger partial charge on any atom is -0.326 e. The van der Waals surface area contributed by atoms with Crippen LogP contribution in [0.4, 0.5) is 0 Å². The summed E-state index contributed by atoms with van der Waals surface area (Å²) in [6.07, 6.45) is 0. The zero-order valence-corrected chi connectivity index (χ0v) is 12.8. The van der Waals surface area contributed by atoms with Crippen molar-refractivity contribution in [1.82, 2.24) is 4.31 Å². The Labute approximate surface area is 119 Å². The molecule has 19 heavy (non-hydrogen) atoms. The van der Waals surface area contributed by atoms with Gasteiger partial charge in [0.15, 0.2) is 0 Å². The van der Waals surface area contributed by atoms with Crippen LogP contribution in [-0.4, -0.2) is 25.8 Å². The highest BCUT2D eigenvalue weighted by Gasteiger charge is 2.23. The van der Waals surface area contributed by atoms with Crippen molar-refractivity contribution in [3.63, 3.8) is 0 Å². The lowest BCUT2D eigenvalue weighted by Gasteiger charge is -2.21. The zero-order chi connectivity index (χ0) is 14.6. The molecule has 0 atom stereocenters. The van der Waals surface area contributed by atoms with Crippen molar-refractivity contribution >= 4 is 21.6 Å². The lowest BCUT2D eigenvalue weighted by molar-refractivity contribution is 0.453. The molecule has 0 aliphatic rings. The van der Waals surface area contributed by atoms with E-state index in [1.54, 1.807) is 19.9 Å². The lowest BCUT2D eigenvalue weighted by atomic mass is 10.2. The van der Waals surface area contributed by atoms with E-state index in [4.69, 9.17) is 17.3 Å². The molecule has 0 aliphatic carbocycles. The number of hydrogen-bond acceptors (Lipinski definition) is 3. The molecule has 0 saturated carbocycles. The summed E-state index contributed by atoms with van der Waals surface area (Å²) >= 11 is 6.01. The topological polar surface area (TPSA) is 63.4 Å². The number of nitrogens with two attached hydrogens (primary N) is 1. The first-order valence-corrected chi connectivity index (χ1v) is 7.77. The first-order chi connectivity index (χ1) is 8.82. The maximum absolute atomic E-state index is 12.4. The Balaban J connectivity index is 3.18. The Morgan fingerprint density at radius 1 is 1.47 bits per heavy atom. The highest BCUT2D eigenvalue weighted by molar-refractivity contribution is 7.89. The van der Waals surface area contributed by atoms with Crippen molar-refractivity contribution in [3.8, 4) is 0 Å². The van der Waals surface area contributed by atoms with Crippen LogP contribution in [0.2, 0.25) is 5.02 Å². The van der Waals surface area contributed by atoms with Crippen molar-refractivity contribution in [3.05, 3.63) is 40.9 Å². The quantitative estimate of drug-likeness (QED) is 0.821. The second-order valence-electron chi connectivity index (χ2n) is 4.35. The van der Waals surface area contributed by atoms with Gasteiger partial charge in [-0.15, -0.1) is 0 Å². The molecule has 2 N–H and O–H groups in total. The number of sulfonamides is 1. The minimum absolute atomic E-state index is 0.179. The molecule has 6 heteroatoms. The van der Waals surface area contributed by atoms with Gasteiger partial charge in [-0.3, -0.25) is 0 Å². The molecule has 0 aliphatic heterocycles. The van der Waals surface area contributed by atoms with Gasteiger partial charge < -0.3 is 5.73 Å². The first kappa shape index (κ1) is 16.2. The van der Waals surface area contributed by atoms with E-state index in [0.717, 1.165) is 11.1 Å². The molecule has 0 amide bonds. The lowest BCUT2D eigenvalue weighted by Crippen LogP contribution is -2.32. The molecule has 0 fully saturated rings. The molecule has 0 bridgehead atoms. The monoisotopic (exact) mass is 302 g/mol. The van der Waals surface area contributed by atoms with E-state index in [9.17, 15) is 8.42 Å². The average molecular weight is 303 g/mol. The van der Waals surface area contributed by atoms with E-state index in [1.165, 1.54) is 16.4 Å². The number of hydrogen-bond donors (Lipinski definition) is 1. The second-order valence-corrected chi connectivity index (χ2v) is 6.69. The summed E-state index contributed by atoms with van der Waals surface area (Å²) in [5.41, 5.74) is 7.02. The highest BCUT2D eigenvalue weighted by atomic mass is 35.5. The minimum atomic E-state index is -3.55. The van der Waals surface area contributed by atoms with Crippen LogP contribution in [0.3, 0.4) is 0 Å². The fourth-order valence-electron chi connectivity index (χ4n) is 1.67. The van der Waals surface area contributed by atoms with Crippen molar-refractivity contribution in [2.24, 2.45) is 5.73 Å². The summed E-state index contributed by atoms with van der Waals surface area (Å²) in [5.74, 6) is 0. The summed E-state index contributed by atoms with van der Waals surface area (Å²) in [6.45, 7) is 8.29. The van der Waals surface area contributed by atoms with Crippen LogP contribution >= 0.6 is 11.6 Å². The number of nitrogens with zero attached hydrogens (tertiary/aromatic N) is 1. The van der Waals surface area contributed by atoms with Crippen LogP contribution in [0.5, 0.6) is 0 Å². The molecule has 0 unspecified atom stereocenters. The van der Waals surface area contributed by atoms with Gasteiger partial charge in [-0.1, -0.05) is 36.7 Å². The molecule has 0 spiro atoms. The van der Waals surface area contributed by atoms with E-state index in [-0.39, 0.29) is 11.4 Å². The van der Waals surface area contributed by atoms with E-state index in [1.807, 2.05) is 0 Å². The SMILES string of the molecule is C=C(C)CN(CC)S(=O)(=O)c1ccc(CN)c(Cl)c1. The van der Waals surface area contributed by atoms with Crippen LogP contribution in [0.1, 0.15) is 19.4 Å². The van der Waals surface area contributed by atoms with E-state index >= 15 is 0 Å². The largest absolute Gasteiger partial charge is 0.326 e. The number of benzene rings is 1. The number of halogens is 1. The Hall–Kier alpha value is -0.880.